The van der Waals surface area contributed by atoms with Crippen molar-refractivity contribution in [3.8, 4) is 5.75 Å². The molecule has 0 aliphatic rings. The summed E-state index contributed by atoms with van der Waals surface area (Å²) >= 11 is 0. The summed E-state index contributed by atoms with van der Waals surface area (Å²) in [6.07, 6.45) is 3.26. The number of aromatic nitrogens is 3. The normalized spacial score (nSPS) is 10.9. The zero-order valence-electron chi connectivity index (χ0n) is 16.9. The summed E-state index contributed by atoms with van der Waals surface area (Å²) in [4.78, 5) is 8.29. The Morgan fingerprint density at radius 3 is 2.62 bits per heavy atom. The standard InChI is InChI=1S/C21H26N6O.HI/c1-16-7-8-19(20(9-16)28-3)12-25-21(22-2)24-11-17-5-4-6-18(10-17)13-27-15-23-14-26-27;/h4-10,14-15H,11-13H2,1-3H3,(H2,22,24,25);1H. The van der Waals surface area contributed by atoms with E-state index < -0.39 is 0 Å². The van der Waals surface area contributed by atoms with Gasteiger partial charge in [-0.2, -0.15) is 5.10 Å². The highest BCUT2D eigenvalue weighted by Gasteiger charge is 2.05. The number of hydrogen-bond acceptors (Lipinski definition) is 4. The number of ether oxygens (including phenoxy) is 1. The van der Waals surface area contributed by atoms with Gasteiger partial charge in [0.15, 0.2) is 5.96 Å². The molecule has 3 rings (SSSR count). The highest BCUT2D eigenvalue weighted by atomic mass is 127. The molecule has 0 amide bonds. The minimum atomic E-state index is 0. The van der Waals surface area contributed by atoms with Gasteiger partial charge in [-0.05, 0) is 29.7 Å². The van der Waals surface area contributed by atoms with Gasteiger partial charge < -0.3 is 15.4 Å². The van der Waals surface area contributed by atoms with Crippen LogP contribution in [0.2, 0.25) is 0 Å². The van der Waals surface area contributed by atoms with Gasteiger partial charge in [0.2, 0.25) is 0 Å². The summed E-state index contributed by atoms with van der Waals surface area (Å²) < 4.78 is 7.27. The van der Waals surface area contributed by atoms with Crippen molar-refractivity contribution in [3.63, 3.8) is 0 Å². The van der Waals surface area contributed by atoms with Crippen LogP contribution in [-0.2, 0) is 19.6 Å². The average molecular weight is 506 g/mol. The van der Waals surface area contributed by atoms with E-state index in [4.69, 9.17) is 4.74 Å². The van der Waals surface area contributed by atoms with Crippen molar-refractivity contribution in [2.75, 3.05) is 14.2 Å². The van der Waals surface area contributed by atoms with Gasteiger partial charge in [-0.3, -0.25) is 4.99 Å². The molecule has 29 heavy (non-hydrogen) atoms. The molecule has 7 nitrogen and oxygen atoms in total. The minimum absolute atomic E-state index is 0. The first-order chi connectivity index (χ1) is 13.7. The fraction of sp³-hybridized carbons (Fsp3) is 0.286. The first-order valence-corrected chi connectivity index (χ1v) is 9.16. The van der Waals surface area contributed by atoms with Gasteiger partial charge in [0.05, 0.1) is 13.7 Å². The zero-order valence-corrected chi connectivity index (χ0v) is 19.3. The number of aryl methyl sites for hydroxylation is 1. The molecule has 3 aromatic rings. The van der Waals surface area contributed by atoms with Gasteiger partial charge in [0.25, 0.3) is 0 Å². The molecule has 0 spiro atoms. The molecule has 0 aliphatic heterocycles. The van der Waals surface area contributed by atoms with E-state index in [9.17, 15) is 0 Å². The summed E-state index contributed by atoms with van der Waals surface area (Å²) in [6, 6.07) is 14.6. The molecule has 0 unspecified atom stereocenters. The number of guanidine groups is 1. The van der Waals surface area contributed by atoms with Gasteiger partial charge in [-0.1, -0.05) is 36.4 Å². The van der Waals surface area contributed by atoms with Crippen LogP contribution < -0.4 is 15.4 Å². The number of aliphatic imine (C=N–C) groups is 1. The number of nitrogens with one attached hydrogen (secondary N) is 2. The summed E-state index contributed by atoms with van der Waals surface area (Å²) in [5.74, 6) is 1.62. The van der Waals surface area contributed by atoms with E-state index in [1.54, 1.807) is 26.8 Å². The monoisotopic (exact) mass is 506 g/mol. The second-order valence-electron chi connectivity index (χ2n) is 6.51. The number of halogens is 1. The lowest BCUT2D eigenvalue weighted by Gasteiger charge is -2.14. The molecule has 154 valence electrons. The van der Waals surface area contributed by atoms with Gasteiger partial charge in [0.1, 0.15) is 18.4 Å². The third kappa shape index (κ3) is 6.74. The van der Waals surface area contributed by atoms with Crippen LogP contribution in [0.3, 0.4) is 0 Å². The average Bonchev–Trinajstić information content (AvgIpc) is 3.22. The van der Waals surface area contributed by atoms with Crippen LogP contribution in [0.25, 0.3) is 0 Å². The number of nitrogens with zero attached hydrogens (tertiary/aromatic N) is 4. The fourth-order valence-corrected chi connectivity index (χ4v) is 2.92. The van der Waals surface area contributed by atoms with Crippen molar-refractivity contribution >= 4 is 29.9 Å². The smallest absolute Gasteiger partial charge is 0.191 e. The second kappa shape index (κ2) is 11.4. The number of methoxy groups -OCH3 is 1. The first-order valence-electron chi connectivity index (χ1n) is 9.16. The fourth-order valence-electron chi connectivity index (χ4n) is 2.92. The van der Waals surface area contributed by atoms with Gasteiger partial charge >= 0.3 is 0 Å². The molecule has 0 bridgehead atoms. The van der Waals surface area contributed by atoms with Crippen LogP contribution in [0.4, 0.5) is 0 Å². The van der Waals surface area contributed by atoms with E-state index in [1.165, 1.54) is 16.7 Å². The van der Waals surface area contributed by atoms with E-state index in [-0.39, 0.29) is 24.0 Å². The molecule has 0 fully saturated rings. The van der Waals surface area contributed by atoms with E-state index in [2.05, 4.69) is 69.0 Å². The van der Waals surface area contributed by atoms with Crippen molar-refractivity contribution in [1.82, 2.24) is 25.4 Å². The van der Waals surface area contributed by atoms with E-state index >= 15 is 0 Å². The van der Waals surface area contributed by atoms with Crippen molar-refractivity contribution < 1.29 is 4.74 Å². The van der Waals surface area contributed by atoms with Crippen molar-refractivity contribution in [3.05, 3.63) is 77.4 Å². The van der Waals surface area contributed by atoms with Crippen molar-refractivity contribution in [2.45, 2.75) is 26.6 Å². The first kappa shape index (κ1) is 22.7. The quantitative estimate of drug-likeness (QED) is 0.293. The highest BCUT2D eigenvalue weighted by Crippen LogP contribution is 2.19. The minimum Gasteiger partial charge on any atom is -0.496 e. The molecule has 2 aromatic carbocycles. The molecule has 0 atom stereocenters. The number of rotatable bonds is 7. The Morgan fingerprint density at radius 1 is 1.10 bits per heavy atom. The maximum Gasteiger partial charge on any atom is 0.191 e. The molecule has 0 saturated heterocycles. The molecule has 1 heterocycles. The molecule has 8 heteroatoms. The predicted molar refractivity (Wildman–Crippen MR) is 126 cm³/mol. The SMILES string of the molecule is CN=C(NCc1cccc(Cn2cncn2)c1)NCc1ccc(C)cc1OC.I. The van der Waals surface area contributed by atoms with Gasteiger partial charge in [-0.25, -0.2) is 9.67 Å². The topological polar surface area (TPSA) is 76.4 Å². The largest absolute Gasteiger partial charge is 0.496 e. The van der Waals surface area contributed by atoms with Gasteiger partial charge in [0, 0.05) is 25.7 Å². The van der Waals surface area contributed by atoms with Crippen molar-refractivity contribution in [1.29, 1.82) is 0 Å². The zero-order chi connectivity index (χ0) is 19.8. The lowest BCUT2D eigenvalue weighted by Crippen LogP contribution is -2.36. The summed E-state index contributed by atoms with van der Waals surface area (Å²) in [5.41, 5.74) is 4.62. The van der Waals surface area contributed by atoms with E-state index in [0.717, 1.165) is 17.3 Å². The van der Waals surface area contributed by atoms with Crippen LogP contribution in [0.5, 0.6) is 5.75 Å². The van der Waals surface area contributed by atoms with Crippen LogP contribution in [-0.4, -0.2) is 34.9 Å². The van der Waals surface area contributed by atoms with E-state index in [1.807, 2.05) is 10.7 Å². The summed E-state index contributed by atoms with van der Waals surface area (Å²) in [5, 5.41) is 10.8. The third-order valence-corrected chi connectivity index (χ3v) is 4.37. The highest BCUT2D eigenvalue weighted by molar-refractivity contribution is 14.0. The molecule has 1 aromatic heterocycles. The number of hydrogen-bond donors (Lipinski definition) is 2. The Hall–Kier alpha value is -2.62. The van der Waals surface area contributed by atoms with E-state index in [0.29, 0.717) is 19.6 Å². The van der Waals surface area contributed by atoms with Crippen LogP contribution in [0, 0.1) is 6.92 Å². The van der Waals surface area contributed by atoms with Crippen molar-refractivity contribution in [2.24, 2.45) is 4.99 Å². The van der Waals surface area contributed by atoms with Crippen LogP contribution in [0.1, 0.15) is 22.3 Å². The molecule has 0 radical (unpaired) electrons. The summed E-state index contributed by atoms with van der Waals surface area (Å²) in [6.45, 7) is 4.07. The Kier molecular flexibility index (Phi) is 8.91. The second-order valence-corrected chi connectivity index (χ2v) is 6.51. The van der Waals surface area contributed by atoms with Crippen LogP contribution >= 0.6 is 24.0 Å². The summed E-state index contributed by atoms with van der Waals surface area (Å²) in [7, 11) is 3.46. The molecule has 2 N–H and O–H groups in total. The maximum atomic E-state index is 5.47. The third-order valence-electron chi connectivity index (χ3n) is 4.37. The molecule has 0 aliphatic carbocycles. The lowest BCUT2D eigenvalue weighted by atomic mass is 10.1. The Labute approximate surface area is 188 Å². The Morgan fingerprint density at radius 2 is 1.90 bits per heavy atom. The molecular weight excluding hydrogens is 479 g/mol. The lowest BCUT2D eigenvalue weighted by molar-refractivity contribution is 0.408. The maximum absolute atomic E-state index is 5.47. The molecular formula is C21H27IN6O. The van der Waals surface area contributed by atoms with Gasteiger partial charge in [-0.15, -0.1) is 24.0 Å². The molecule has 0 saturated carbocycles. The van der Waals surface area contributed by atoms with Crippen LogP contribution in [0.15, 0.2) is 60.1 Å². The number of benzene rings is 2. The Bertz CT molecular complexity index is 927. The Balaban J connectivity index is 0.00000300. The predicted octanol–water partition coefficient (Wildman–Crippen LogP) is 3.13.